The van der Waals surface area contributed by atoms with Crippen molar-refractivity contribution in [2.45, 2.75) is 26.1 Å². The van der Waals surface area contributed by atoms with Crippen molar-refractivity contribution in [3.63, 3.8) is 0 Å². The van der Waals surface area contributed by atoms with Crippen LogP contribution in [0, 0.1) is 0 Å². The third kappa shape index (κ3) is 3.55. The van der Waals surface area contributed by atoms with Crippen molar-refractivity contribution in [1.29, 1.82) is 0 Å². The maximum Gasteiger partial charge on any atom is 0.0969 e. The zero-order valence-electron chi connectivity index (χ0n) is 11.9. The van der Waals surface area contributed by atoms with Gasteiger partial charge < -0.3 is 9.88 Å². The van der Waals surface area contributed by atoms with Crippen LogP contribution in [-0.4, -0.2) is 30.6 Å². The third-order valence-corrected chi connectivity index (χ3v) is 3.20. The quantitative estimate of drug-likeness (QED) is 0.746. The zero-order valence-corrected chi connectivity index (χ0v) is 11.9. The van der Waals surface area contributed by atoms with E-state index in [-0.39, 0.29) is 0 Å². The number of rotatable bonds is 6. The summed E-state index contributed by atoms with van der Waals surface area (Å²) < 4.78 is 2.05. The Hall–Kier alpha value is -2.47. The highest BCUT2D eigenvalue weighted by Gasteiger charge is 2.06. The molecule has 3 aromatic rings. The molecule has 6 heteroatoms. The van der Waals surface area contributed by atoms with Crippen LogP contribution in [0.4, 0.5) is 0 Å². The van der Waals surface area contributed by atoms with Crippen molar-refractivity contribution >= 4 is 0 Å². The number of nitrogens with one attached hydrogen (secondary N) is 1. The van der Waals surface area contributed by atoms with Gasteiger partial charge in [0, 0.05) is 31.5 Å². The van der Waals surface area contributed by atoms with Gasteiger partial charge >= 0.3 is 0 Å². The number of hydrogen-bond donors (Lipinski definition) is 1. The Bertz CT molecular complexity index is 659. The second-order valence-electron chi connectivity index (χ2n) is 5.00. The molecule has 0 fully saturated rings. The molecule has 0 aliphatic rings. The predicted molar refractivity (Wildman–Crippen MR) is 79.9 cm³/mol. The smallest absolute Gasteiger partial charge is 0.0969 e. The largest absolute Gasteiger partial charge is 0.336 e. The van der Waals surface area contributed by atoms with E-state index in [9.17, 15) is 0 Å². The first-order valence-electron chi connectivity index (χ1n) is 6.97. The number of imidazole rings is 1. The lowest BCUT2D eigenvalue weighted by Gasteiger charge is -2.12. The summed E-state index contributed by atoms with van der Waals surface area (Å²) in [5.74, 6) is 0. The standard InChI is InChI=1S/C15H18N6/c1-13(11-20-8-7-16-12-20)17-9-14-10-18-21(19-14)15-5-3-2-4-6-15/h2-8,10,12-13,17H,9,11H2,1H3. The van der Waals surface area contributed by atoms with Gasteiger partial charge in [-0.2, -0.15) is 15.0 Å². The first-order valence-corrected chi connectivity index (χ1v) is 6.97. The SMILES string of the molecule is CC(Cn1ccnc1)NCc1cnn(-c2ccccc2)n1. The van der Waals surface area contributed by atoms with E-state index in [0.717, 1.165) is 17.9 Å². The molecule has 0 spiro atoms. The molecule has 0 amide bonds. The summed E-state index contributed by atoms with van der Waals surface area (Å²) in [4.78, 5) is 5.69. The van der Waals surface area contributed by atoms with Crippen LogP contribution in [-0.2, 0) is 13.1 Å². The third-order valence-electron chi connectivity index (χ3n) is 3.20. The van der Waals surface area contributed by atoms with Gasteiger partial charge in [0.05, 0.1) is 23.9 Å². The molecule has 0 bridgehead atoms. The van der Waals surface area contributed by atoms with Crippen molar-refractivity contribution in [3.05, 3.63) is 60.9 Å². The highest BCUT2D eigenvalue weighted by Crippen LogP contribution is 2.04. The number of benzene rings is 1. The minimum Gasteiger partial charge on any atom is -0.336 e. The summed E-state index contributed by atoms with van der Waals surface area (Å²) in [6.45, 7) is 3.72. The van der Waals surface area contributed by atoms with Crippen molar-refractivity contribution in [1.82, 2.24) is 29.9 Å². The maximum atomic E-state index is 4.47. The van der Waals surface area contributed by atoms with Gasteiger partial charge in [-0.15, -0.1) is 0 Å². The highest BCUT2D eigenvalue weighted by atomic mass is 15.5. The molecule has 0 saturated carbocycles. The molecule has 3 rings (SSSR count). The second kappa shape index (κ2) is 6.32. The van der Waals surface area contributed by atoms with Crippen LogP contribution in [0.5, 0.6) is 0 Å². The predicted octanol–water partition coefficient (Wildman–Crippen LogP) is 1.64. The molecule has 21 heavy (non-hydrogen) atoms. The molecular formula is C15H18N6. The lowest BCUT2D eigenvalue weighted by Crippen LogP contribution is -2.29. The summed E-state index contributed by atoms with van der Waals surface area (Å²) in [5.41, 5.74) is 1.89. The summed E-state index contributed by atoms with van der Waals surface area (Å²) in [5, 5.41) is 12.2. The molecule has 1 N–H and O–H groups in total. The fraction of sp³-hybridized carbons (Fsp3) is 0.267. The topological polar surface area (TPSA) is 60.6 Å². The lowest BCUT2D eigenvalue weighted by atomic mass is 10.3. The van der Waals surface area contributed by atoms with Crippen molar-refractivity contribution in [2.24, 2.45) is 0 Å². The van der Waals surface area contributed by atoms with Crippen LogP contribution >= 0.6 is 0 Å². The molecule has 6 nitrogen and oxygen atoms in total. The molecular weight excluding hydrogens is 264 g/mol. The molecule has 0 radical (unpaired) electrons. The van der Waals surface area contributed by atoms with Crippen LogP contribution in [0.2, 0.25) is 0 Å². The Balaban J connectivity index is 1.55. The number of para-hydroxylation sites is 1. The molecule has 1 atom stereocenters. The maximum absolute atomic E-state index is 4.47. The van der Waals surface area contributed by atoms with Gasteiger partial charge in [0.1, 0.15) is 0 Å². The number of nitrogens with zero attached hydrogens (tertiary/aromatic N) is 5. The molecule has 0 aliphatic carbocycles. The average Bonchev–Trinajstić information content (AvgIpc) is 3.17. The Morgan fingerprint density at radius 2 is 2.10 bits per heavy atom. The highest BCUT2D eigenvalue weighted by molar-refractivity contribution is 5.28. The summed E-state index contributed by atoms with van der Waals surface area (Å²) in [6, 6.07) is 10.2. The average molecular weight is 282 g/mol. The molecule has 1 aromatic carbocycles. The Labute approximate surface area is 123 Å². The minimum atomic E-state index is 0.334. The van der Waals surface area contributed by atoms with Crippen LogP contribution < -0.4 is 5.32 Å². The first kappa shape index (κ1) is 13.5. The van der Waals surface area contributed by atoms with Gasteiger partial charge in [-0.3, -0.25) is 0 Å². The second-order valence-corrected chi connectivity index (χ2v) is 5.00. The normalized spacial score (nSPS) is 12.4. The summed E-state index contributed by atoms with van der Waals surface area (Å²) in [6.07, 6.45) is 7.37. The van der Waals surface area contributed by atoms with Crippen LogP contribution in [0.1, 0.15) is 12.6 Å². The Kier molecular flexibility index (Phi) is 4.07. The first-order chi connectivity index (χ1) is 10.3. The van der Waals surface area contributed by atoms with E-state index < -0.39 is 0 Å². The van der Waals surface area contributed by atoms with Gasteiger partial charge in [-0.25, -0.2) is 4.98 Å². The van der Waals surface area contributed by atoms with Crippen LogP contribution in [0.25, 0.3) is 5.69 Å². The molecule has 0 aliphatic heterocycles. The van der Waals surface area contributed by atoms with Crippen LogP contribution in [0.15, 0.2) is 55.2 Å². The minimum absolute atomic E-state index is 0.334. The molecule has 0 saturated heterocycles. The lowest BCUT2D eigenvalue weighted by molar-refractivity contribution is 0.472. The van der Waals surface area contributed by atoms with E-state index in [1.54, 1.807) is 17.2 Å². The van der Waals surface area contributed by atoms with E-state index in [1.165, 1.54) is 0 Å². The number of aromatic nitrogens is 5. The summed E-state index contributed by atoms with van der Waals surface area (Å²) in [7, 11) is 0. The Morgan fingerprint density at radius 1 is 1.24 bits per heavy atom. The van der Waals surface area contributed by atoms with Gasteiger partial charge in [-0.1, -0.05) is 18.2 Å². The van der Waals surface area contributed by atoms with Crippen molar-refractivity contribution in [3.8, 4) is 5.69 Å². The van der Waals surface area contributed by atoms with Gasteiger partial charge in [-0.05, 0) is 19.1 Å². The number of hydrogen-bond acceptors (Lipinski definition) is 4. The van der Waals surface area contributed by atoms with E-state index in [1.807, 2.05) is 42.9 Å². The molecule has 108 valence electrons. The molecule has 1 unspecified atom stereocenters. The van der Waals surface area contributed by atoms with E-state index in [2.05, 4.69) is 32.0 Å². The fourth-order valence-electron chi connectivity index (χ4n) is 2.12. The Morgan fingerprint density at radius 3 is 2.86 bits per heavy atom. The van der Waals surface area contributed by atoms with Crippen molar-refractivity contribution < 1.29 is 0 Å². The van der Waals surface area contributed by atoms with Crippen LogP contribution in [0.3, 0.4) is 0 Å². The summed E-state index contributed by atoms with van der Waals surface area (Å²) >= 11 is 0. The van der Waals surface area contributed by atoms with E-state index in [0.29, 0.717) is 12.6 Å². The van der Waals surface area contributed by atoms with E-state index >= 15 is 0 Å². The van der Waals surface area contributed by atoms with E-state index in [4.69, 9.17) is 0 Å². The fourth-order valence-corrected chi connectivity index (χ4v) is 2.12. The van der Waals surface area contributed by atoms with Gasteiger partial charge in [0.2, 0.25) is 0 Å². The van der Waals surface area contributed by atoms with Gasteiger partial charge in [0.15, 0.2) is 0 Å². The molecule has 2 aromatic heterocycles. The van der Waals surface area contributed by atoms with Gasteiger partial charge in [0.25, 0.3) is 0 Å². The molecule has 2 heterocycles. The van der Waals surface area contributed by atoms with Crippen molar-refractivity contribution in [2.75, 3.05) is 0 Å². The monoisotopic (exact) mass is 282 g/mol. The zero-order chi connectivity index (χ0) is 14.5.